The summed E-state index contributed by atoms with van der Waals surface area (Å²) in [5.41, 5.74) is 0.355. The fourth-order valence-electron chi connectivity index (χ4n) is 4.76. The molecule has 4 rings (SSSR count). The molecule has 0 unspecified atom stereocenters. The highest BCUT2D eigenvalue weighted by molar-refractivity contribution is 5.78. The summed E-state index contributed by atoms with van der Waals surface area (Å²) in [6.45, 7) is 2.82. The molecule has 0 atom stereocenters. The molecule has 2 aromatic rings. The van der Waals surface area contributed by atoms with Crippen LogP contribution in [0.25, 0.3) is 10.9 Å². The molecule has 1 N–H and O–H groups in total. The molecule has 1 aromatic heterocycles. The summed E-state index contributed by atoms with van der Waals surface area (Å²) in [7, 11) is 0. The Morgan fingerprint density at radius 2 is 1.75 bits per heavy atom. The molecule has 150 valence electrons. The van der Waals surface area contributed by atoms with Crippen LogP contribution < -0.4 is 10.9 Å². The highest BCUT2D eigenvalue weighted by atomic mass is 16.2. The minimum absolute atomic E-state index is 0.0777. The van der Waals surface area contributed by atoms with Gasteiger partial charge in [0, 0.05) is 12.1 Å². The van der Waals surface area contributed by atoms with E-state index >= 15 is 0 Å². The molecule has 1 amide bonds. The van der Waals surface area contributed by atoms with Crippen LogP contribution >= 0.6 is 0 Å². The quantitative estimate of drug-likeness (QED) is 0.855. The Hall–Kier alpha value is -2.28. The van der Waals surface area contributed by atoms with E-state index in [1.807, 2.05) is 6.07 Å². The number of fused-ring (bicyclic) bond motifs is 1. The minimum atomic E-state index is -0.274. The molecule has 2 aliphatic rings. The highest BCUT2D eigenvalue weighted by Gasteiger charge is 2.38. The van der Waals surface area contributed by atoms with Gasteiger partial charge in [-0.15, -0.1) is 5.10 Å². The molecule has 1 aromatic carbocycles. The molecule has 28 heavy (non-hydrogen) atoms. The molecule has 7 nitrogen and oxygen atoms in total. The molecule has 2 heterocycles. The zero-order valence-electron chi connectivity index (χ0n) is 16.4. The lowest BCUT2D eigenvalue weighted by molar-refractivity contribution is -0.123. The first kappa shape index (κ1) is 19.1. The normalized spacial score (nSPS) is 20.1. The van der Waals surface area contributed by atoms with Crippen molar-refractivity contribution in [2.24, 2.45) is 0 Å². The van der Waals surface area contributed by atoms with Gasteiger partial charge in [-0.05, 0) is 50.9 Å². The predicted molar refractivity (Wildman–Crippen MR) is 108 cm³/mol. The van der Waals surface area contributed by atoms with Gasteiger partial charge in [0.1, 0.15) is 12.1 Å². The molecule has 1 aliphatic carbocycles. The fraction of sp³-hybridized carbons (Fsp3) is 0.619. The van der Waals surface area contributed by atoms with Gasteiger partial charge in [-0.3, -0.25) is 14.5 Å². The van der Waals surface area contributed by atoms with Gasteiger partial charge in [0.05, 0.1) is 5.39 Å². The Labute approximate surface area is 165 Å². The standard InChI is InChI=1S/C21H29N5O2/c27-19(15-26-20(28)17-9-3-4-10-18(17)23-24-26)22-16-21(11-5-1-6-12-21)25-13-7-2-8-14-25/h3-4,9-10H,1-2,5-8,11-16H2,(H,22,27). The maximum absolute atomic E-state index is 12.6. The molecule has 7 heteroatoms. The van der Waals surface area contributed by atoms with Crippen LogP contribution in [0.4, 0.5) is 0 Å². The van der Waals surface area contributed by atoms with Crippen LogP contribution in [0.15, 0.2) is 29.1 Å². The van der Waals surface area contributed by atoms with Gasteiger partial charge in [-0.1, -0.05) is 43.0 Å². The minimum Gasteiger partial charge on any atom is -0.353 e. The van der Waals surface area contributed by atoms with Crippen molar-refractivity contribution >= 4 is 16.8 Å². The Morgan fingerprint density at radius 3 is 2.54 bits per heavy atom. The van der Waals surface area contributed by atoms with Crippen molar-refractivity contribution < 1.29 is 4.79 Å². The third-order valence-corrected chi connectivity index (χ3v) is 6.35. The van der Waals surface area contributed by atoms with Gasteiger partial charge in [-0.25, -0.2) is 4.68 Å². The van der Waals surface area contributed by atoms with E-state index < -0.39 is 0 Å². The number of nitrogens with zero attached hydrogens (tertiary/aromatic N) is 4. The average molecular weight is 383 g/mol. The second-order valence-corrected chi connectivity index (χ2v) is 8.18. The van der Waals surface area contributed by atoms with Gasteiger partial charge in [0.25, 0.3) is 5.56 Å². The molecular weight excluding hydrogens is 354 g/mol. The first-order valence-electron chi connectivity index (χ1n) is 10.5. The number of nitrogens with one attached hydrogen (secondary N) is 1. The number of aromatic nitrogens is 3. The third-order valence-electron chi connectivity index (χ3n) is 6.35. The first-order chi connectivity index (χ1) is 13.7. The monoisotopic (exact) mass is 383 g/mol. The van der Waals surface area contributed by atoms with E-state index in [0.29, 0.717) is 17.4 Å². The summed E-state index contributed by atoms with van der Waals surface area (Å²) < 4.78 is 1.16. The van der Waals surface area contributed by atoms with Crippen LogP contribution in [-0.2, 0) is 11.3 Å². The SMILES string of the molecule is O=C(Cn1nnc2ccccc2c1=O)NCC1(N2CCCCC2)CCCCC1. The van der Waals surface area contributed by atoms with Crippen molar-refractivity contribution in [1.82, 2.24) is 25.2 Å². The lowest BCUT2D eigenvalue weighted by atomic mass is 9.79. The predicted octanol–water partition coefficient (Wildman–Crippen LogP) is 2.10. The Balaban J connectivity index is 1.44. The number of likely N-dealkylation sites (tertiary alicyclic amines) is 1. The number of piperidine rings is 1. The van der Waals surface area contributed by atoms with Crippen molar-refractivity contribution in [3.05, 3.63) is 34.6 Å². The molecule has 1 saturated heterocycles. The summed E-state index contributed by atoms with van der Waals surface area (Å²) >= 11 is 0. The van der Waals surface area contributed by atoms with Crippen LogP contribution in [0, 0.1) is 0 Å². The number of rotatable bonds is 5. The first-order valence-corrected chi connectivity index (χ1v) is 10.5. The number of carbonyl (C=O) groups is 1. The van der Waals surface area contributed by atoms with Gasteiger partial charge < -0.3 is 5.32 Å². The Kier molecular flexibility index (Phi) is 5.71. The maximum Gasteiger partial charge on any atom is 0.278 e. The van der Waals surface area contributed by atoms with Gasteiger partial charge >= 0.3 is 0 Å². The lowest BCUT2D eigenvalue weighted by Gasteiger charge is -2.48. The number of hydrogen-bond donors (Lipinski definition) is 1. The molecule has 1 aliphatic heterocycles. The zero-order valence-corrected chi connectivity index (χ0v) is 16.4. The van der Waals surface area contributed by atoms with E-state index in [4.69, 9.17) is 0 Å². The Bertz CT molecular complexity index is 882. The molecule has 0 radical (unpaired) electrons. The number of hydrogen-bond acceptors (Lipinski definition) is 5. The fourth-order valence-corrected chi connectivity index (χ4v) is 4.76. The zero-order chi connectivity index (χ0) is 19.4. The second kappa shape index (κ2) is 8.39. The third kappa shape index (κ3) is 3.94. The lowest BCUT2D eigenvalue weighted by Crippen LogP contribution is -2.58. The van der Waals surface area contributed by atoms with E-state index in [9.17, 15) is 9.59 Å². The topological polar surface area (TPSA) is 80.1 Å². The van der Waals surface area contributed by atoms with Crippen molar-refractivity contribution in [3.63, 3.8) is 0 Å². The Morgan fingerprint density at radius 1 is 1.04 bits per heavy atom. The van der Waals surface area contributed by atoms with Crippen LogP contribution in [-0.4, -0.2) is 51.0 Å². The van der Waals surface area contributed by atoms with Crippen LogP contribution in [0.1, 0.15) is 51.4 Å². The van der Waals surface area contributed by atoms with E-state index in [0.717, 1.165) is 30.6 Å². The molecule has 0 spiro atoms. The van der Waals surface area contributed by atoms with E-state index in [1.165, 1.54) is 38.5 Å². The summed E-state index contributed by atoms with van der Waals surface area (Å²) in [6.07, 6.45) is 9.82. The molecule has 1 saturated carbocycles. The van der Waals surface area contributed by atoms with Crippen molar-refractivity contribution in [2.45, 2.75) is 63.5 Å². The van der Waals surface area contributed by atoms with Crippen LogP contribution in [0.5, 0.6) is 0 Å². The summed E-state index contributed by atoms with van der Waals surface area (Å²) in [6, 6.07) is 7.08. The largest absolute Gasteiger partial charge is 0.353 e. The highest BCUT2D eigenvalue weighted by Crippen LogP contribution is 2.35. The molecule has 2 fully saturated rings. The van der Waals surface area contributed by atoms with Gasteiger partial charge in [-0.2, -0.15) is 0 Å². The van der Waals surface area contributed by atoms with E-state index in [1.54, 1.807) is 18.2 Å². The molecule has 0 bridgehead atoms. The summed E-state index contributed by atoms with van der Waals surface area (Å²) in [4.78, 5) is 27.8. The van der Waals surface area contributed by atoms with Gasteiger partial charge in [0.15, 0.2) is 0 Å². The van der Waals surface area contributed by atoms with Crippen molar-refractivity contribution in [3.8, 4) is 0 Å². The van der Waals surface area contributed by atoms with Crippen LogP contribution in [0.2, 0.25) is 0 Å². The van der Waals surface area contributed by atoms with E-state index in [2.05, 4.69) is 20.5 Å². The second-order valence-electron chi connectivity index (χ2n) is 8.18. The smallest absolute Gasteiger partial charge is 0.278 e. The van der Waals surface area contributed by atoms with Crippen molar-refractivity contribution in [2.75, 3.05) is 19.6 Å². The van der Waals surface area contributed by atoms with Crippen molar-refractivity contribution in [1.29, 1.82) is 0 Å². The summed E-state index contributed by atoms with van der Waals surface area (Å²) in [5.74, 6) is -0.173. The van der Waals surface area contributed by atoms with Crippen LogP contribution in [0.3, 0.4) is 0 Å². The van der Waals surface area contributed by atoms with Gasteiger partial charge in [0.2, 0.25) is 5.91 Å². The number of carbonyl (C=O) groups excluding carboxylic acids is 1. The molecular formula is C21H29N5O2. The number of amides is 1. The average Bonchev–Trinajstić information content (AvgIpc) is 2.76. The maximum atomic E-state index is 12.6. The summed E-state index contributed by atoms with van der Waals surface area (Å²) in [5, 5.41) is 11.6. The number of benzene rings is 1. The van der Waals surface area contributed by atoms with E-state index in [-0.39, 0.29) is 23.6 Å².